The largest absolute Gasteiger partial charge is 0.356 e. The number of nitriles is 1. The molecule has 0 fully saturated rings. The third-order valence-corrected chi connectivity index (χ3v) is 2.34. The second-order valence-corrected chi connectivity index (χ2v) is 3.75. The van der Waals surface area contributed by atoms with Crippen LogP contribution in [0.1, 0.15) is 17.1 Å². The summed E-state index contributed by atoms with van der Waals surface area (Å²) in [4.78, 5) is 4.08. The van der Waals surface area contributed by atoms with Gasteiger partial charge in [0.1, 0.15) is 12.8 Å². The highest BCUT2D eigenvalue weighted by Crippen LogP contribution is 2.04. The normalized spacial score (nSPS) is 10.1. The smallest absolute Gasteiger partial charge is 0.214 e. The van der Waals surface area contributed by atoms with Gasteiger partial charge in [-0.25, -0.2) is 4.98 Å². The molecule has 0 bridgehead atoms. The van der Waals surface area contributed by atoms with Gasteiger partial charge in [0.05, 0.1) is 12.3 Å². The van der Waals surface area contributed by atoms with E-state index in [1.807, 2.05) is 49.5 Å². The molecule has 4 nitrogen and oxygen atoms in total. The standard InChI is InChI=1S/C13H13N3O/c1-11-8-16(13(7-14)15-11)10-17-9-12-5-3-2-4-6-12/h2-6,8H,9-10H2,1H3. The number of nitrogens with zero attached hydrogens (tertiary/aromatic N) is 3. The van der Waals surface area contributed by atoms with Crippen molar-refractivity contribution in [2.45, 2.75) is 20.3 Å². The Morgan fingerprint density at radius 1 is 1.35 bits per heavy atom. The molecule has 0 radical (unpaired) electrons. The van der Waals surface area contributed by atoms with Crippen LogP contribution < -0.4 is 0 Å². The third kappa shape index (κ3) is 2.92. The molecule has 1 aromatic carbocycles. The minimum absolute atomic E-state index is 0.346. The minimum atomic E-state index is 0.346. The first-order chi connectivity index (χ1) is 8.29. The maximum absolute atomic E-state index is 8.86. The first-order valence-corrected chi connectivity index (χ1v) is 5.35. The Kier molecular flexibility index (Phi) is 3.53. The Balaban J connectivity index is 1.93. The van der Waals surface area contributed by atoms with Crippen molar-refractivity contribution in [3.8, 4) is 6.07 Å². The van der Waals surface area contributed by atoms with Crippen LogP contribution in [-0.2, 0) is 18.1 Å². The van der Waals surface area contributed by atoms with E-state index in [1.165, 1.54) is 0 Å². The monoisotopic (exact) mass is 227 g/mol. The van der Waals surface area contributed by atoms with E-state index in [2.05, 4.69) is 4.98 Å². The molecule has 0 aliphatic heterocycles. The first-order valence-electron chi connectivity index (χ1n) is 5.35. The van der Waals surface area contributed by atoms with Crippen LogP contribution >= 0.6 is 0 Å². The summed E-state index contributed by atoms with van der Waals surface area (Å²) >= 11 is 0. The van der Waals surface area contributed by atoms with E-state index in [0.29, 0.717) is 19.2 Å². The van der Waals surface area contributed by atoms with Gasteiger partial charge in [-0.1, -0.05) is 30.3 Å². The van der Waals surface area contributed by atoms with Crippen LogP contribution in [0.4, 0.5) is 0 Å². The molecule has 2 rings (SSSR count). The quantitative estimate of drug-likeness (QED) is 0.804. The molecule has 86 valence electrons. The molecule has 0 N–H and O–H groups in total. The molecule has 0 amide bonds. The van der Waals surface area contributed by atoms with Crippen molar-refractivity contribution in [3.05, 3.63) is 53.6 Å². The summed E-state index contributed by atoms with van der Waals surface area (Å²) in [6.45, 7) is 2.73. The topological polar surface area (TPSA) is 50.8 Å². The van der Waals surface area contributed by atoms with E-state index in [4.69, 9.17) is 10.00 Å². The number of aromatic nitrogens is 2. The van der Waals surface area contributed by atoms with E-state index in [9.17, 15) is 0 Å². The maximum atomic E-state index is 8.86. The van der Waals surface area contributed by atoms with Crippen LogP contribution in [0.5, 0.6) is 0 Å². The number of ether oxygens (including phenoxy) is 1. The van der Waals surface area contributed by atoms with Gasteiger partial charge >= 0.3 is 0 Å². The van der Waals surface area contributed by atoms with E-state index < -0.39 is 0 Å². The molecule has 0 unspecified atom stereocenters. The number of imidazole rings is 1. The molecule has 1 heterocycles. The van der Waals surface area contributed by atoms with Gasteiger partial charge in [0, 0.05) is 6.20 Å². The third-order valence-electron chi connectivity index (χ3n) is 2.34. The lowest BCUT2D eigenvalue weighted by atomic mass is 10.2. The Labute approximate surface area is 100 Å². The van der Waals surface area contributed by atoms with Gasteiger partial charge in [-0.15, -0.1) is 0 Å². The molecule has 0 saturated carbocycles. The summed E-state index contributed by atoms with van der Waals surface area (Å²) < 4.78 is 7.24. The molecule has 2 aromatic rings. The van der Waals surface area contributed by atoms with Crippen LogP contribution in [-0.4, -0.2) is 9.55 Å². The van der Waals surface area contributed by atoms with Crippen LogP contribution in [0.2, 0.25) is 0 Å². The lowest BCUT2D eigenvalue weighted by Gasteiger charge is -2.05. The van der Waals surface area contributed by atoms with Crippen molar-refractivity contribution in [1.29, 1.82) is 5.26 Å². The van der Waals surface area contributed by atoms with Crippen LogP contribution in [0.25, 0.3) is 0 Å². The predicted molar refractivity (Wildman–Crippen MR) is 62.9 cm³/mol. The van der Waals surface area contributed by atoms with Gasteiger partial charge in [0.2, 0.25) is 5.82 Å². The van der Waals surface area contributed by atoms with Gasteiger partial charge in [-0.05, 0) is 12.5 Å². The molecule has 0 aliphatic rings. The average Bonchev–Trinajstić information content (AvgIpc) is 2.71. The molecular formula is C13H13N3O. The Bertz CT molecular complexity index is 525. The van der Waals surface area contributed by atoms with Gasteiger partial charge in [-0.2, -0.15) is 5.26 Å². The molecule has 0 spiro atoms. The van der Waals surface area contributed by atoms with Crippen molar-refractivity contribution < 1.29 is 4.74 Å². The second-order valence-electron chi connectivity index (χ2n) is 3.75. The number of benzene rings is 1. The second kappa shape index (κ2) is 5.28. The highest BCUT2D eigenvalue weighted by Gasteiger charge is 2.03. The molecule has 4 heteroatoms. The predicted octanol–water partition coefficient (Wildman–Crippen LogP) is 2.24. The fourth-order valence-corrected chi connectivity index (χ4v) is 1.57. The number of rotatable bonds is 4. The zero-order chi connectivity index (χ0) is 12.1. The SMILES string of the molecule is Cc1cn(COCc2ccccc2)c(C#N)n1. The molecule has 17 heavy (non-hydrogen) atoms. The highest BCUT2D eigenvalue weighted by molar-refractivity contribution is 5.15. The summed E-state index contributed by atoms with van der Waals surface area (Å²) in [5.41, 5.74) is 1.94. The lowest BCUT2D eigenvalue weighted by Crippen LogP contribution is -2.04. The van der Waals surface area contributed by atoms with Gasteiger partial charge in [0.15, 0.2) is 0 Å². The van der Waals surface area contributed by atoms with E-state index in [0.717, 1.165) is 11.3 Å². The maximum Gasteiger partial charge on any atom is 0.214 e. The Morgan fingerprint density at radius 2 is 2.12 bits per heavy atom. The summed E-state index contributed by atoms with van der Waals surface area (Å²) in [5, 5.41) is 8.86. The summed E-state index contributed by atoms with van der Waals surface area (Å²) in [5.74, 6) is 0.385. The van der Waals surface area contributed by atoms with E-state index in [1.54, 1.807) is 4.57 Å². The highest BCUT2D eigenvalue weighted by atomic mass is 16.5. The Hall–Kier alpha value is -2.12. The molecule has 0 saturated heterocycles. The average molecular weight is 227 g/mol. The zero-order valence-corrected chi connectivity index (χ0v) is 9.63. The van der Waals surface area contributed by atoms with Crippen LogP contribution in [0, 0.1) is 18.3 Å². The van der Waals surface area contributed by atoms with E-state index >= 15 is 0 Å². The van der Waals surface area contributed by atoms with Crippen molar-refractivity contribution in [2.24, 2.45) is 0 Å². The minimum Gasteiger partial charge on any atom is -0.356 e. The molecule has 0 atom stereocenters. The fraction of sp³-hybridized carbons (Fsp3) is 0.231. The van der Waals surface area contributed by atoms with Crippen molar-refractivity contribution in [1.82, 2.24) is 9.55 Å². The van der Waals surface area contributed by atoms with Crippen LogP contribution in [0.15, 0.2) is 36.5 Å². The van der Waals surface area contributed by atoms with Crippen molar-refractivity contribution >= 4 is 0 Å². The van der Waals surface area contributed by atoms with Gasteiger partial charge < -0.3 is 4.74 Å². The Morgan fingerprint density at radius 3 is 2.82 bits per heavy atom. The summed E-state index contributed by atoms with van der Waals surface area (Å²) in [7, 11) is 0. The van der Waals surface area contributed by atoms with Gasteiger partial charge in [0.25, 0.3) is 0 Å². The van der Waals surface area contributed by atoms with Crippen molar-refractivity contribution in [3.63, 3.8) is 0 Å². The van der Waals surface area contributed by atoms with Gasteiger partial charge in [-0.3, -0.25) is 4.57 Å². The molecular weight excluding hydrogens is 214 g/mol. The first kappa shape index (κ1) is 11.4. The van der Waals surface area contributed by atoms with E-state index in [-0.39, 0.29) is 0 Å². The number of hydrogen-bond acceptors (Lipinski definition) is 3. The number of aryl methyl sites for hydroxylation is 1. The lowest BCUT2D eigenvalue weighted by molar-refractivity contribution is 0.0633. The molecule has 0 aliphatic carbocycles. The fourth-order valence-electron chi connectivity index (χ4n) is 1.57. The van der Waals surface area contributed by atoms with Crippen molar-refractivity contribution in [2.75, 3.05) is 0 Å². The number of hydrogen-bond donors (Lipinski definition) is 0. The van der Waals surface area contributed by atoms with Crippen LogP contribution in [0.3, 0.4) is 0 Å². The summed E-state index contributed by atoms with van der Waals surface area (Å²) in [6, 6.07) is 12.0. The summed E-state index contributed by atoms with van der Waals surface area (Å²) in [6.07, 6.45) is 1.81. The zero-order valence-electron chi connectivity index (χ0n) is 9.63. The molecule has 1 aromatic heterocycles.